The van der Waals surface area contributed by atoms with Crippen LogP contribution in [0.4, 0.5) is 0 Å². The van der Waals surface area contributed by atoms with Gasteiger partial charge in [-0.1, -0.05) is 103 Å². The summed E-state index contributed by atoms with van der Waals surface area (Å²) in [4.78, 5) is 11.0. The largest absolute Gasteiger partial charge is 0.369 e. The fourth-order valence-corrected chi connectivity index (χ4v) is 2.94. The molecule has 0 aliphatic rings. The van der Waals surface area contributed by atoms with Gasteiger partial charge in [-0.15, -0.1) is 6.58 Å². The number of unbranched alkanes of at least 4 members (excludes halogenated alkanes) is 13. The van der Waals surface area contributed by atoms with E-state index in [1.165, 1.54) is 83.5 Å². The monoisotopic (exact) mass is 309 g/mol. The Labute approximate surface area is 138 Å². The van der Waals surface area contributed by atoms with Crippen molar-refractivity contribution >= 4 is 5.91 Å². The molecule has 0 aliphatic heterocycles. The number of nitrogens with two attached hydrogens (primary N) is 1. The van der Waals surface area contributed by atoms with Crippen LogP contribution in [0.1, 0.15) is 103 Å². The Morgan fingerprint density at radius 3 is 1.50 bits per heavy atom. The van der Waals surface area contributed by atoms with Crippen LogP contribution in [0.2, 0.25) is 0 Å². The van der Waals surface area contributed by atoms with Gasteiger partial charge in [0.25, 0.3) is 0 Å². The highest BCUT2D eigenvalue weighted by molar-refractivity contribution is 5.78. The molecular formula is C20H39NO. The van der Waals surface area contributed by atoms with Gasteiger partial charge in [0, 0.05) is 0 Å². The van der Waals surface area contributed by atoms with Crippen molar-refractivity contribution in [3.8, 4) is 0 Å². The molecule has 22 heavy (non-hydrogen) atoms. The maximum atomic E-state index is 11.0. The van der Waals surface area contributed by atoms with E-state index in [1.807, 2.05) is 0 Å². The van der Waals surface area contributed by atoms with Crippen LogP contribution in [0.3, 0.4) is 0 Å². The predicted octanol–water partition coefficient (Wildman–Crippen LogP) is 6.15. The molecule has 0 spiro atoms. The van der Waals surface area contributed by atoms with E-state index in [0.717, 1.165) is 12.8 Å². The van der Waals surface area contributed by atoms with E-state index in [4.69, 9.17) is 5.73 Å². The van der Waals surface area contributed by atoms with Gasteiger partial charge in [0.15, 0.2) is 0 Å². The third-order valence-electron chi connectivity index (χ3n) is 4.52. The molecule has 0 aromatic rings. The molecule has 0 fully saturated rings. The van der Waals surface area contributed by atoms with Gasteiger partial charge in [0.2, 0.25) is 5.91 Å². The number of hydrogen-bond donors (Lipinski definition) is 1. The first-order valence-corrected chi connectivity index (χ1v) is 9.64. The van der Waals surface area contributed by atoms with Crippen molar-refractivity contribution in [3.63, 3.8) is 0 Å². The predicted molar refractivity (Wildman–Crippen MR) is 97.8 cm³/mol. The van der Waals surface area contributed by atoms with Crippen molar-refractivity contribution in [2.24, 2.45) is 11.7 Å². The summed E-state index contributed by atoms with van der Waals surface area (Å²) in [6.45, 7) is 5.94. The fourth-order valence-electron chi connectivity index (χ4n) is 2.94. The third kappa shape index (κ3) is 14.2. The van der Waals surface area contributed by atoms with Crippen molar-refractivity contribution in [2.45, 2.75) is 103 Å². The molecule has 0 aromatic heterocycles. The lowest BCUT2D eigenvalue weighted by Crippen LogP contribution is -2.21. The zero-order valence-corrected chi connectivity index (χ0v) is 15.0. The molecule has 1 amide bonds. The lowest BCUT2D eigenvalue weighted by atomic mass is 9.99. The SMILES string of the molecule is C=CC(CCCCCCCCCCCCCCCC)C(N)=O. The summed E-state index contributed by atoms with van der Waals surface area (Å²) in [5.41, 5.74) is 5.29. The lowest BCUT2D eigenvalue weighted by molar-refractivity contribution is -0.120. The van der Waals surface area contributed by atoms with Crippen LogP contribution >= 0.6 is 0 Å². The number of primary amides is 1. The van der Waals surface area contributed by atoms with Crippen molar-refractivity contribution in [1.29, 1.82) is 0 Å². The summed E-state index contributed by atoms with van der Waals surface area (Å²) in [7, 11) is 0. The molecule has 0 aliphatic carbocycles. The van der Waals surface area contributed by atoms with Crippen LogP contribution in [0.5, 0.6) is 0 Å². The van der Waals surface area contributed by atoms with E-state index >= 15 is 0 Å². The zero-order chi connectivity index (χ0) is 16.5. The Kier molecular flexibility index (Phi) is 16.0. The highest BCUT2D eigenvalue weighted by Crippen LogP contribution is 2.15. The van der Waals surface area contributed by atoms with Gasteiger partial charge in [-0.05, 0) is 6.42 Å². The zero-order valence-electron chi connectivity index (χ0n) is 15.0. The van der Waals surface area contributed by atoms with Crippen molar-refractivity contribution in [2.75, 3.05) is 0 Å². The average molecular weight is 310 g/mol. The maximum absolute atomic E-state index is 11.0. The molecule has 0 saturated heterocycles. The molecule has 0 aromatic carbocycles. The van der Waals surface area contributed by atoms with Crippen LogP contribution in [-0.2, 0) is 4.79 Å². The van der Waals surface area contributed by atoms with E-state index in [9.17, 15) is 4.79 Å². The maximum Gasteiger partial charge on any atom is 0.224 e. The first-order chi connectivity index (χ1) is 10.7. The van der Waals surface area contributed by atoms with Crippen LogP contribution in [0.25, 0.3) is 0 Å². The molecule has 1 unspecified atom stereocenters. The smallest absolute Gasteiger partial charge is 0.224 e. The molecule has 2 heteroatoms. The molecule has 2 N–H and O–H groups in total. The Morgan fingerprint density at radius 2 is 1.18 bits per heavy atom. The van der Waals surface area contributed by atoms with E-state index in [0.29, 0.717) is 0 Å². The standard InChI is InChI=1S/C20H39NO/c1-3-5-6-7-8-9-10-11-12-13-14-15-16-17-18-19(4-2)20(21)22/h4,19H,2-3,5-18H2,1H3,(H2,21,22). The minimum atomic E-state index is -0.232. The van der Waals surface area contributed by atoms with Crippen molar-refractivity contribution < 1.29 is 4.79 Å². The minimum Gasteiger partial charge on any atom is -0.369 e. The average Bonchev–Trinajstić information content (AvgIpc) is 2.51. The van der Waals surface area contributed by atoms with Gasteiger partial charge < -0.3 is 5.73 Å². The Morgan fingerprint density at radius 1 is 0.818 bits per heavy atom. The molecule has 2 nitrogen and oxygen atoms in total. The first-order valence-electron chi connectivity index (χ1n) is 9.64. The number of rotatable bonds is 17. The van der Waals surface area contributed by atoms with E-state index < -0.39 is 0 Å². The van der Waals surface area contributed by atoms with Gasteiger partial charge in [-0.2, -0.15) is 0 Å². The van der Waals surface area contributed by atoms with Crippen LogP contribution in [0, 0.1) is 5.92 Å². The van der Waals surface area contributed by atoms with Gasteiger partial charge in [0.05, 0.1) is 5.92 Å². The summed E-state index contributed by atoms with van der Waals surface area (Å²) < 4.78 is 0. The summed E-state index contributed by atoms with van der Waals surface area (Å²) in [5, 5.41) is 0. The normalized spacial score (nSPS) is 12.2. The van der Waals surface area contributed by atoms with Crippen LogP contribution in [-0.4, -0.2) is 5.91 Å². The second-order valence-corrected chi connectivity index (χ2v) is 6.63. The summed E-state index contributed by atoms with van der Waals surface area (Å²) in [5.74, 6) is -0.359. The molecule has 0 rings (SSSR count). The van der Waals surface area contributed by atoms with E-state index in [2.05, 4.69) is 13.5 Å². The number of carbonyl (C=O) groups is 1. The fraction of sp³-hybridized carbons (Fsp3) is 0.850. The molecule has 1 atom stereocenters. The van der Waals surface area contributed by atoms with Gasteiger partial charge >= 0.3 is 0 Å². The van der Waals surface area contributed by atoms with Gasteiger partial charge in [-0.25, -0.2) is 0 Å². The molecular weight excluding hydrogens is 270 g/mol. The Hall–Kier alpha value is -0.790. The number of amides is 1. The summed E-state index contributed by atoms with van der Waals surface area (Å²) in [6, 6.07) is 0. The Bertz CT molecular complexity index is 262. The minimum absolute atomic E-state index is 0.127. The van der Waals surface area contributed by atoms with Crippen LogP contribution < -0.4 is 5.73 Å². The molecule has 0 bridgehead atoms. The highest BCUT2D eigenvalue weighted by Gasteiger charge is 2.09. The second-order valence-electron chi connectivity index (χ2n) is 6.63. The first kappa shape index (κ1) is 21.2. The molecule has 0 heterocycles. The number of carbonyl (C=O) groups excluding carboxylic acids is 1. The van der Waals surface area contributed by atoms with Gasteiger partial charge in [0.1, 0.15) is 0 Å². The van der Waals surface area contributed by atoms with Crippen LogP contribution in [0.15, 0.2) is 12.7 Å². The van der Waals surface area contributed by atoms with Crippen molar-refractivity contribution in [3.05, 3.63) is 12.7 Å². The third-order valence-corrected chi connectivity index (χ3v) is 4.52. The van der Waals surface area contributed by atoms with Gasteiger partial charge in [-0.3, -0.25) is 4.79 Å². The van der Waals surface area contributed by atoms with Crippen molar-refractivity contribution in [1.82, 2.24) is 0 Å². The topological polar surface area (TPSA) is 43.1 Å². The quantitative estimate of drug-likeness (QED) is 0.254. The highest BCUT2D eigenvalue weighted by atomic mass is 16.1. The molecule has 0 radical (unpaired) electrons. The summed E-state index contributed by atoms with van der Waals surface area (Å²) in [6.07, 6.45) is 21.6. The Balaban J connectivity index is 3.14. The number of hydrogen-bond acceptors (Lipinski definition) is 1. The molecule has 0 saturated carbocycles. The lowest BCUT2D eigenvalue weighted by Gasteiger charge is -2.07. The van der Waals surface area contributed by atoms with E-state index in [1.54, 1.807) is 6.08 Å². The van der Waals surface area contributed by atoms with E-state index in [-0.39, 0.29) is 11.8 Å². The molecule has 130 valence electrons. The summed E-state index contributed by atoms with van der Waals surface area (Å²) >= 11 is 0. The second kappa shape index (κ2) is 16.6.